The summed E-state index contributed by atoms with van der Waals surface area (Å²) in [6, 6.07) is 21.4. The number of methoxy groups -OCH3 is 1. The summed E-state index contributed by atoms with van der Waals surface area (Å²) in [6.07, 6.45) is 0.789. The largest absolute Gasteiger partial charge is 0.493 e. The molecule has 5 unspecified atom stereocenters. The van der Waals surface area contributed by atoms with Crippen molar-refractivity contribution in [1.82, 2.24) is 4.98 Å². The van der Waals surface area contributed by atoms with Crippen molar-refractivity contribution in [2.75, 3.05) is 12.0 Å². The van der Waals surface area contributed by atoms with Crippen molar-refractivity contribution in [3.63, 3.8) is 0 Å². The van der Waals surface area contributed by atoms with Gasteiger partial charge in [0.05, 0.1) is 29.7 Å². The number of ether oxygens (including phenoxy) is 2. The average Bonchev–Trinajstić information content (AvgIpc) is 3.76. The minimum atomic E-state index is -0.431. The first-order valence-corrected chi connectivity index (χ1v) is 16.0. The Morgan fingerprint density at radius 2 is 1.67 bits per heavy atom. The van der Waals surface area contributed by atoms with Crippen LogP contribution in [-0.4, -0.2) is 29.2 Å². The lowest BCUT2D eigenvalue weighted by Gasteiger charge is -2.43. The molecule has 1 saturated heterocycles. The summed E-state index contributed by atoms with van der Waals surface area (Å²) < 4.78 is 25.5. The van der Waals surface area contributed by atoms with Crippen molar-refractivity contribution in [1.29, 1.82) is 0 Å². The molecule has 7 nitrogen and oxygen atoms in total. The first-order chi connectivity index (χ1) is 20.9. The third-order valence-electron chi connectivity index (χ3n) is 9.59. The molecule has 2 saturated carbocycles. The van der Waals surface area contributed by atoms with E-state index in [0.717, 1.165) is 27.5 Å². The first-order valence-electron chi connectivity index (χ1n) is 14.3. The van der Waals surface area contributed by atoms with Crippen LogP contribution in [0.1, 0.15) is 28.3 Å². The highest BCUT2D eigenvalue weighted by molar-refractivity contribution is 8.00. The zero-order valence-corrected chi connectivity index (χ0v) is 24.7. The molecule has 7 atom stereocenters. The number of amides is 2. The molecule has 1 N–H and O–H groups in total. The van der Waals surface area contributed by atoms with Crippen molar-refractivity contribution in [2.45, 2.75) is 29.2 Å². The Hall–Kier alpha value is -3.89. The van der Waals surface area contributed by atoms with E-state index in [1.165, 1.54) is 40.5 Å². The van der Waals surface area contributed by atoms with Gasteiger partial charge in [0.25, 0.3) is 0 Å². The number of imide groups is 1. The highest BCUT2D eigenvalue weighted by atomic mass is 32.2. The van der Waals surface area contributed by atoms with E-state index in [0.29, 0.717) is 23.8 Å². The van der Waals surface area contributed by atoms with Crippen LogP contribution >= 0.6 is 23.1 Å². The van der Waals surface area contributed by atoms with E-state index in [1.54, 1.807) is 18.9 Å². The predicted molar refractivity (Wildman–Crippen MR) is 161 cm³/mol. The zero-order chi connectivity index (χ0) is 29.4. The number of carbonyl (C=O) groups excluding carboxylic acids is 2. The summed E-state index contributed by atoms with van der Waals surface area (Å²) >= 11 is 2.87. The van der Waals surface area contributed by atoms with Gasteiger partial charge in [-0.1, -0.05) is 47.7 Å². The molecule has 218 valence electrons. The van der Waals surface area contributed by atoms with Gasteiger partial charge < -0.3 is 14.5 Å². The summed E-state index contributed by atoms with van der Waals surface area (Å²) in [6.45, 7) is 0.401. The van der Waals surface area contributed by atoms with E-state index in [4.69, 9.17) is 9.47 Å². The number of carbonyl (C=O) groups is 2. The second kappa shape index (κ2) is 10.1. The Kier molecular flexibility index (Phi) is 6.27. The van der Waals surface area contributed by atoms with Crippen LogP contribution in [0.25, 0.3) is 0 Å². The lowest BCUT2D eigenvalue weighted by Crippen LogP contribution is -2.42. The van der Waals surface area contributed by atoms with Gasteiger partial charge in [-0.3, -0.25) is 19.3 Å². The second-order valence-corrected chi connectivity index (χ2v) is 13.8. The summed E-state index contributed by atoms with van der Waals surface area (Å²) in [7, 11) is 1.61. The molecule has 2 aliphatic heterocycles. The number of hydrogen-bond donors (Lipinski definition) is 1. The highest BCUT2D eigenvalue weighted by Gasteiger charge is 2.69. The van der Waals surface area contributed by atoms with Crippen LogP contribution < -0.4 is 19.2 Å². The number of halogens is 1. The molecule has 10 heteroatoms. The molecule has 8 rings (SSSR count). The number of rotatable bonds is 6. The molecule has 4 aliphatic rings. The predicted octanol–water partition coefficient (Wildman–Crippen LogP) is 5.84. The van der Waals surface area contributed by atoms with Crippen LogP contribution in [0.15, 0.2) is 82.6 Å². The minimum Gasteiger partial charge on any atom is -0.493 e. The molecule has 3 aromatic carbocycles. The maximum atomic E-state index is 13.9. The Morgan fingerprint density at radius 1 is 0.930 bits per heavy atom. The lowest BCUT2D eigenvalue weighted by molar-refractivity contribution is -0.123. The fourth-order valence-electron chi connectivity index (χ4n) is 7.97. The number of H-pyrrole nitrogens is 1. The molecule has 0 spiro atoms. The highest BCUT2D eigenvalue weighted by Crippen LogP contribution is 2.68. The third-order valence-corrected chi connectivity index (χ3v) is 12.2. The quantitative estimate of drug-likeness (QED) is 0.275. The van der Waals surface area contributed by atoms with Gasteiger partial charge in [-0.2, -0.15) is 0 Å². The Balaban J connectivity index is 1.16. The van der Waals surface area contributed by atoms with Crippen LogP contribution in [0.3, 0.4) is 0 Å². The maximum Gasteiger partial charge on any atom is 0.305 e. The average molecular weight is 615 g/mol. The van der Waals surface area contributed by atoms with Crippen molar-refractivity contribution in [3.05, 3.63) is 104 Å². The van der Waals surface area contributed by atoms with Gasteiger partial charge in [0, 0.05) is 16.0 Å². The van der Waals surface area contributed by atoms with E-state index in [9.17, 15) is 18.8 Å². The molecule has 2 bridgehead atoms. The Bertz CT molecular complexity index is 1810. The molecule has 3 heterocycles. The van der Waals surface area contributed by atoms with Gasteiger partial charge in [-0.15, -0.1) is 11.8 Å². The number of nitrogens with zero attached hydrogens (tertiary/aromatic N) is 1. The number of nitrogens with one attached hydrogen (secondary N) is 1. The fourth-order valence-corrected chi connectivity index (χ4v) is 10.9. The standard InChI is InChI=1S/C33H27FN2O5S2/c1-40-23-13-17(7-12-22(23)41-15-16-5-3-2-4-6-16)24-25-20-14-21(28(25)42-30-29(24)43-33(39)35-30)27-26(20)31(37)36(32(27)38)19-10-8-18(34)9-11-19/h2-13,20-21,24-28H,14-15H2,1H3,(H,35,39)/t20-,21-,24?,25?,26?,27?,28?/m1/s1. The maximum absolute atomic E-state index is 13.9. The smallest absolute Gasteiger partial charge is 0.305 e. The van der Waals surface area contributed by atoms with Crippen LogP contribution in [-0.2, 0) is 16.2 Å². The number of fused-ring (bicyclic) bond motifs is 9. The summed E-state index contributed by atoms with van der Waals surface area (Å²) in [5, 5.41) is 0.916. The molecular formula is C33H27FN2O5S2. The van der Waals surface area contributed by atoms with Crippen LogP contribution in [0.2, 0.25) is 0 Å². The molecular weight excluding hydrogens is 588 g/mol. The number of benzene rings is 3. The van der Waals surface area contributed by atoms with Crippen molar-refractivity contribution < 1.29 is 23.5 Å². The number of thiazole rings is 1. The van der Waals surface area contributed by atoms with E-state index in [-0.39, 0.29) is 45.6 Å². The molecule has 0 radical (unpaired) electrons. The molecule has 1 aromatic heterocycles. The normalized spacial score (nSPS) is 28.5. The first kappa shape index (κ1) is 26.7. The summed E-state index contributed by atoms with van der Waals surface area (Å²) in [5.41, 5.74) is 2.45. The minimum absolute atomic E-state index is 0.00123. The lowest BCUT2D eigenvalue weighted by atomic mass is 9.68. The Labute approximate surface area is 255 Å². The van der Waals surface area contributed by atoms with Gasteiger partial charge in [0.2, 0.25) is 11.8 Å². The van der Waals surface area contributed by atoms with Crippen molar-refractivity contribution in [3.8, 4) is 11.5 Å². The van der Waals surface area contributed by atoms with Crippen LogP contribution in [0, 0.1) is 35.4 Å². The summed E-state index contributed by atoms with van der Waals surface area (Å²) in [5.74, 6) is -0.537. The van der Waals surface area contributed by atoms with Crippen molar-refractivity contribution >= 4 is 40.6 Å². The zero-order valence-electron chi connectivity index (χ0n) is 23.1. The van der Waals surface area contributed by atoms with Gasteiger partial charge in [-0.25, -0.2) is 4.39 Å². The number of aromatic nitrogens is 1. The third kappa shape index (κ3) is 4.10. The molecule has 2 amide bonds. The van der Waals surface area contributed by atoms with Crippen LogP contribution in [0.4, 0.5) is 10.1 Å². The monoisotopic (exact) mass is 614 g/mol. The Morgan fingerprint density at radius 3 is 2.42 bits per heavy atom. The second-order valence-electron chi connectivity index (χ2n) is 11.6. The van der Waals surface area contributed by atoms with Gasteiger partial charge in [0.15, 0.2) is 11.5 Å². The molecule has 43 heavy (non-hydrogen) atoms. The van der Waals surface area contributed by atoms with E-state index in [1.807, 2.05) is 48.5 Å². The van der Waals surface area contributed by atoms with Gasteiger partial charge >= 0.3 is 4.87 Å². The molecule has 4 aromatic rings. The SMILES string of the molecule is COc1cc(C2c3sc(=O)[nH]c3SC3C2[C@H]2C[C@@H]3C3C(=O)N(c4ccc(F)cc4)C(=O)C32)ccc1OCc1ccccc1. The van der Waals surface area contributed by atoms with Gasteiger partial charge in [0.1, 0.15) is 12.4 Å². The molecule has 3 fully saturated rings. The van der Waals surface area contributed by atoms with Crippen LogP contribution in [0.5, 0.6) is 11.5 Å². The van der Waals surface area contributed by atoms with Crippen molar-refractivity contribution in [2.24, 2.45) is 29.6 Å². The number of aromatic amines is 1. The number of thioether (sulfide) groups is 1. The molecule has 2 aliphatic carbocycles. The van der Waals surface area contributed by atoms with E-state index < -0.39 is 17.7 Å². The topological polar surface area (TPSA) is 88.7 Å². The van der Waals surface area contributed by atoms with E-state index >= 15 is 0 Å². The summed E-state index contributed by atoms with van der Waals surface area (Å²) in [4.78, 5) is 45.4. The van der Waals surface area contributed by atoms with E-state index in [2.05, 4.69) is 4.98 Å². The van der Waals surface area contributed by atoms with Gasteiger partial charge in [-0.05, 0) is 71.7 Å². The number of hydrogen-bond acceptors (Lipinski definition) is 7. The fraction of sp³-hybridized carbons (Fsp3) is 0.303. The number of anilines is 1.